The Morgan fingerprint density at radius 1 is 0.420 bits per heavy atom. The zero-order valence-corrected chi connectivity index (χ0v) is 54.9. The van der Waals surface area contributed by atoms with E-state index >= 15 is 0 Å². The molecule has 12 unspecified atom stereocenters. The smallest absolute Gasteiger partial charge is 0.220 e. The van der Waals surface area contributed by atoms with Gasteiger partial charge in [0.05, 0.1) is 32.0 Å². The van der Waals surface area contributed by atoms with E-state index in [4.69, 9.17) is 18.9 Å². The maximum Gasteiger partial charge on any atom is 0.220 e. The molecule has 506 valence electrons. The lowest BCUT2D eigenvalue weighted by atomic mass is 9.97. The van der Waals surface area contributed by atoms with E-state index in [2.05, 4.69) is 116 Å². The highest BCUT2D eigenvalue weighted by Gasteiger charge is 2.51. The number of hydrogen-bond acceptors (Lipinski definition) is 13. The number of rotatable bonds is 56. The summed E-state index contributed by atoms with van der Waals surface area (Å²) in [5, 5.41) is 87.4. The molecule has 0 aromatic rings. The predicted molar refractivity (Wildman–Crippen MR) is 359 cm³/mol. The highest BCUT2D eigenvalue weighted by atomic mass is 16.7. The van der Waals surface area contributed by atoms with Crippen LogP contribution in [0, 0.1) is 0 Å². The summed E-state index contributed by atoms with van der Waals surface area (Å²) in [6.07, 6.45) is 65.8. The Balaban J connectivity index is 1.72. The Kier molecular flexibility index (Phi) is 52.8. The molecule has 0 radical (unpaired) electrons. The maximum atomic E-state index is 13.3. The number of carbonyl (C=O) groups is 1. The molecule has 0 aromatic carbocycles. The SMILES string of the molecule is CC/C=C\C/C=C\C/C=C\C/C=C\C/C=C\C/C=C\CCCCCCC(=O)NC(COC1OC(CO)C(OC2OC(CO)C(O)C(O)C2O)C(O)C1O)C(O)/C=C/CC/C=C/CC/C=C/CCCCCCCCCCCCCCCCCCCCCCC. The van der Waals surface area contributed by atoms with Crippen molar-refractivity contribution < 1.29 is 64.6 Å². The first-order chi connectivity index (χ1) is 43.1. The molecule has 0 aromatic heterocycles. The van der Waals surface area contributed by atoms with Crippen molar-refractivity contribution in [3.8, 4) is 0 Å². The molecule has 2 heterocycles. The minimum atomic E-state index is -1.80. The first-order valence-electron chi connectivity index (χ1n) is 35.1. The van der Waals surface area contributed by atoms with Crippen molar-refractivity contribution in [1.82, 2.24) is 5.32 Å². The van der Waals surface area contributed by atoms with Gasteiger partial charge in [-0.1, -0.05) is 264 Å². The van der Waals surface area contributed by atoms with Gasteiger partial charge in [0.25, 0.3) is 0 Å². The Hall–Kier alpha value is -3.35. The predicted octanol–water partition coefficient (Wildman–Crippen LogP) is 14.3. The van der Waals surface area contributed by atoms with Gasteiger partial charge in [-0.15, -0.1) is 0 Å². The number of aliphatic hydroxyl groups excluding tert-OH is 8. The zero-order chi connectivity index (χ0) is 63.8. The van der Waals surface area contributed by atoms with Crippen molar-refractivity contribution >= 4 is 5.91 Å². The van der Waals surface area contributed by atoms with Gasteiger partial charge >= 0.3 is 0 Å². The molecular weight excluding hydrogens is 1110 g/mol. The van der Waals surface area contributed by atoms with Crippen LogP contribution in [0.25, 0.3) is 0 Å². The van der Waals surface area contributed by atoms with Crippen LogP contribution in [0.2, 0.25) is 0 Å². The van der Waals surface area contributed by atoms with E-state index in [1.165, 1.54) is 135 Å². The molecule has 0 saturated carbocycles. The number of amides is 1. The third kappa shape index (κ3) is 41.2. The molecule has 14 nitrogen and oxygen atoms in total. The molecule has 2 rings (SSSR count). The van der Waals surface area contributed by atoms with E-state index in [0.717, 1.165) is 89.9 Å². The van der Waals surface area contributed by atoms with E-state index in [-0.39, 0.29) is 18.9 Å². The lowest BCUT2D eigenvalue weighted by Gasteiger charge is -2.46. The summed E-state index contributed by atoms with van der Waals surface area (Å²) in [4.78, 5) is 13.3. The Morgan fingerprint density at radius 2 is 0.795 bits per heavy atom. The quantitative estimate of drug-likeness (QED) is 0.0204. The number of aliphatic hydroxyl groups is 8. The number of ether oxygens (including phenoxy) is 4. The fourth-order valence-corrected chi connectivity index (χ4v) is 10.9. The van der Waals surface area contributed by atoms with Crippen molar-refractivity contribution in [3.05, 3.63) is 109 Å². The normalized spacial score (nSPS) is 23.8. The zero-order valence-electron chi connectivity index (χ0n) is 54.9. The molecular formula is C74H127NO13. The van der Waals surface area contributed by atoms with Crippen molar-refractivity contribution in [2.24, 2.45) is 0 Å². The average Bonchev–Trinajstić information content (AvgIpc) is 1.78. The lowest BCUT2D eigenvalue weighted by Crippen LogP contribution is -2.65. The van der Waals surface area contributed by atoms with E-state index < -0.39 is 86.8 Å². The Bertz CT molecular complexity index is 1890. The minimum Gasteiger partial charge on any atom is -0.394 e. The van der Waals surface area contributed by atoms with E-state index in [1.807, 2.05) is 6.08 Å². The Morgan fingerprint density at radius 3 is 1.25 bits per heavy atom. The minimum absolute atomic E-state index is 0.233. The van der Waals surface area contributed by atoms with Crippen molar-refractivity contribution in [2.75, 3.05) is 19.8 Å². The van der Waals surface area contributed by atoms with Gasteiger partial charge < -0.3 is 65.1 Å². The summed E-state index contributed by atoms with van der Waals surface area (Å²) >= 11 is 0. The van der Waals surface area contributed by atoms with Gasteiger partial charge in [-0.3, -0.25) is 4.79 Å². The van der Waals surface area contributed by atoms with E-state index in [9.17, 15) is 45.6 Å². The molecule has 14 heteroatoms. The van der Waals surface area contributed by atoms with Crippen LogP contribution in [0.1, 0.15) is 258 Å². The van der Waals surface area contributed by atoms with Gasteiger partial charge in [0.2, 0.25) is 5.91 Å². The summed E-state index contributed by atoms with van der Waals surface area (Å²) in [6.45, 7) is 2.65. The second-order valence-corrected chi connectivity index (χ2v) is 24.3. The molecule has 2 aliphatic rings. The number of hydrogen-bond donors (Lipinski definition) is 9. The van der Waals surface area contributed by atoms with Crippen LogP contribution in [-0.2, 0) is 23.7 Å². The molecule has 2 aliphatic heterocycles. The molecule has 0 spiro atoms. The summed E-state index contributed by atoms with van der Waals surface area (Å²) in [5.41, 5.74) is 0. The fraction of sp³-hybridized carbons (Fsp3) is 0.743. The monoisotopic (exact) mass is 1240 g/mol. The third-order valence-electron chi connectivity index (χ3n) is 16.4. The third-order valence-corrected chi connectivity index (χ3v) is 16.4. The lowest BCUT2D eigenvalue weighted by molar-refractivity contribution is -0.359. The van der Waals surface area contributed by atoms with Gasteiger partial charge in [-0.2, -0.15) is 0 Å². The van der Waals surface area contributed by atoms with Gasteiger partial charge in [-0.25, -0.2) is 0 Å². The van der Waals surface area contributed by atoms with Crippen LogP contribution in [0.15, 0.2) is 109 Å². The topological polar surface area (TPSA) is 228 Å². The Labute approximate surface area is 534 Å². The van der Waals surface area contributed by atoms with Gasteiger partial charge in [0.15, 0.2) is 12.6 Å². The van der Waals surface area contributed by atoms with Crippen LogP contribution in [0.4, 0.5) is 0 Å². The van der Waals surface area contributed by atoms with E-state index in [0.29, 0.717) is 12.8 Å². The van der Waals surface area contributed by atoms with Gasteiger partial charge in [0, 0.05) is 6.42 Å². The van der Waals surface area contributed by atoms with Crippen molar-refractivity contribution in [2.45, 2.75) is 331 Å². The molecule has 2 fully saturated rings. The van der Waals surface area contributed by atoms with E-state index in [1.54, 1.807) is 6.08 Å². The average molecular weight is 1240 g/mol. The highest BCUT2D eigenvalue weighted by Crippen LogP contribution is 2.30. The number of unbranched alkanes of at least 4 members (excludes halogenated alkanes) is 27. The standard InChI is InChI=1S/C74H127NO13/c1-3-5-7-9-11-13-15-17-19-21-23-25-27-28-29-30-31-32-33-34-36-37-39-41-43-45-47-49-51-53-55-57-63(78)62(61-85-73-71(84)69(82)72(65(60-77)87-73)88-74-70(83)68(81)67(80)64(59-76)86-74)75-66(79)58-56-54-52-50-48-46-44-42-40-38-35-26-24-22-20-18-16-14-12-10-8-6-4-2/h6,8,12,14,18,20,24,26,38-41,44,46-47,49,55,57,62-65,67-74,76-78,80-84H,3-5,7,9-11,13,15-17,19,21-23,25,27-37,42-43,45,48,50-54,56,58-61H2,1-2H3,(H,75,79)/b8-6-,14-12-,20-18-,26-24-,40-38-,41-39+,46-44-,49-47+,57-55+. The van der Waals surface area contributed by atoms with Crippen LogP contribution < -0.4 is 5.32 Å². The number of nitrogens with one attached hydrogen (secondary N) is 1. The second kappa shape index (κ2) is 57.5. The first kappa shape index (κ1) is 80.7. The molecule has 9 N–H and O–H groups in total. The summed E-state index contributed by atoms with van der Waals surface area (Å²) in [5.74, 6) is -0.280. The van der Waals surface area contributed by atoms with Crippen LogP contribution in [0.3, 0.4) is 0 Å². The molecule has 1 amide bonds. The second-order valence-electron chi connectivity index (χ2n) is 24.3. The number of carbonyl (C=O) groups excluding carboxylic acids is 1. The molecule has 2 saturated heterocycles. The fourth-order valence-electron chi connectivity index (χ4n) is 10.9. The van der Waals surface area contributed by atoms with Crippen LogP contribution in [0.5, 0.6) is 0 Å². The van der Waals surface area contributed by atoms with Crippen molar-refractivity contribution in [1.29, 1.82) is 0 Å². The molecule has 0 bridgehead atoms. The van der Waals surface area contributed by atoms with Gasteiger partial charge in [0.1, 0.15) is 48.8 Å². The molecule has 88 heavy (non-hydrogen) atoms. The molecule has 12 atom stereocenters. The number of allylic oxidation sites excluding steroid dienone is 17. The van der Waals surface area contributed by atoms with Gasteiger partial charge in [-0.05, 0) is 96.3 Å². The van der Waals surface area contributed by atoms with Crippen molar-refractivity contribution in [3.63, 3.8) is 0 Å². The maximum absolute atomic E-state index is 13.3. The first-order valence-corrected chi connectivity index (χ1v) is 35.1. The summed E-state index contributed by atoms with van der Waals surface area (Å²) < 4.78 is 22.8. The molecule has 0 aliphatic carbocycles. The van der Waals surface area contributed by atoms with Crippen LogP contribution in [-0.4, -0.2) is 140 Å². The summed E-state index contributed by atoms with van der Waals surface area (Å²) in [7, 11) is 0. The van der Waals surface area contributed by atoms with Crippen LogP contribution >= 0.6 is 0 Å². The highest BCUT2D eigenvalue weighted by molar-refractivity contribution is 5.76. The summed E-state index contributed by atoms with van der Waals surface area (Å²) in [6, 6.07) is -0.962. The largest absolute Gasteiger partial charge is 0.394 e.